The molecule has 0 spiro atoms. The van der Waals surface area contributed by atoms with Crippen molar-refractivity contribution in [2.75, 3.05) is 9.80 Å². The second-order valence-corrected chi connectivity index (χ2v) is 7.40. The first-order chi connectivity index (χ1) is 14.9. The minimum Gasteiger partial charge on any atom is -0.322 e. The van der Waals surface area contributed by atoms with Crippen molar-refractivity contribution >= 4 is 52.8 Å². The molecule has 0 aromatic heterocycles. The molecule has 0 unspecified atom stereocenters. The molecule has 4 rings (SSSR count). The topological polar surface area (TPSA) is 110 Å². The SMILES string of the molecule is C[C@H](N)C(=O)C1(N)C(=O)N(c2ccccc2)c2ccccc2N(c2ccccc2)C1=O.Cl. The third-order valence-corrected chi connectivity index (χ3v) is 5.28. The average Bonchev–Trinajstić information content (AvgIpc) is 2.87. The van der Waals surface area contributed by atoms with E-state index in [1.54, 1.807) is 72.8 Å². The fourth-order valence-corrected chi connectivity index (χ4v) is 3.74. The third kappa shape index (κ3) is 3.56. The van der Waals surface area contributed by atoms with E-state index in [0.29, 0.717) is 22.7 Å². The van der Waals surface area contributed by atoms with Gasteiger partial charge in [0.2, 0.25) is 5.54 Å². The third-order valence-electron chi connectivity index (χ3n) is 5.28. The molecule has 2 amide bonds. The predicted molar refractivity (Wildman–Crippen MR) is 126 cm³/mol. The zero-order valence-electron chi connectivity index (χ0n) is 17.3. The van der Waals surface area contributed by atoms with Crippen LogP contribution < -0.4 is 21.3 Å². The van der Waals surface area contributed by atoms with Crippen LogP contribution in [0.1, 0.15) is 6.92 Å². The van der Waals surface area contributed by atoms with Crippen molar-refractivity contribution in [1.29, 1.82) is 0 Å². The Bertz CT molecular complexity index is 1070. The van der Waals surface area contributed by atoms with Crippen LogP contribution in [0, 0.1) is 0 Å². The fraction of sp³-hybridized carbons (Fsp3) is 0.125. The van der Waals surface area contributed by atoms with Gasteiger partial charge >= 0.3 is 0 Å². The van der Waals surface area contributed by atoms with Crippen LogP contribution in [-0.4, -0.2) is 29.2 Å². The second-order valence-electron chi connectivity index (χ2n) is 7.40. The molecule has 8 heteroatoms. The summed E-state index contributed by atoms with van der Waals surface area (Å²) in [5.41, 5.74) is 11.6. The average molecular weight is 451 g/mol. The molecule has 7 nitrogen and oxygen atoms in total. The lowest BCUT2D eigenvalue weighted by Crippen LogP contribution is -2.69. The maximum atomic E-state index is 13.8. The van der Waals surface area contributed by atoms with E-state index in [-0.39, 0.29) is 12.4 Å². The van der Waals surface area contributed by atoms with E-state index < -0.39 is 29.2 Å². The summed E-state index contributed by atoms with van der Waals surface area (Å²) in [5.74, 6) is -2.55. The van der Waals surface area contributed by atoms with Crippen LogP contribution in [0.5, 0.6) is 0 Å². The van der Waals surface area contributed by atoms with E-state index in [1.165, 1.54) is 16.7 Å². The van der Waals surface area contributed by atoms with Gasteiger partial charge in [-0.1, -0.05) is 48.5 Å². The molecule has 0 fully saturated rings. The highest BCUT2D eigenvalue weighted by Gasteiger charge is 2.57. The van der Waals surface area contributed by atoms with Crippen molar-refractivity contribution in [3.8, 4) is 0 Å². The smallest absolute Gasteiger partial charge is 0.269 e. The molecule has 0 bridgehead atoms. The number of hydrogen-bond acceptors (Lipinski definition) is 5. The number of hydrogen-bond donors (Lipinski definition) is 2. The molecule has 1 aliphatic rings. The number of rotatable bonds is 4. The number of carbonyl (C=O) groups is 3. The van der Waals surface area contributed by atoms with Gasteiger partial charge in [-0.2, -0.15) is 0 Å². The van der Waals surface area contributed by atoms with Gasteiger partial charge in [-0.25, -0.2) is 0 Å². The van der Waals surface area contributed by atoms with Crippen molar-refractivity contribution in [3.05, 3.63) is 84.9 Å². The Kier molecular flexibility index (Phi) is 6.45. The Morgan fingerprint density at radius 3 is 1.44 bits per heavy atom. The monoisotopic (exact) mass is 450 g/mol. The van der Waals surface area contributed by atoms with Gasteiger partial charge in [0.15, 0.2) is 5.78 Å². The number of fused-ring (bicyclic) bond motifs is 1. The van der Waals surface area contributed by atoms with Crippen LogP contribution in [0.3, 0.4) is 0 Å². The highest BCUT2D eigenvalue weighted by Crippen LogP contribution is 2.43. The lowest BCUT2D eigenvalue weighted by Gasteiger charge is -2.31. The summed E-state index contributed by atoms with van der Waals surface area (Å²) >= 11 is 0. The molecule has 1 heterocycles. The highest BCUT2D eigenvalue weighted by atomic mass is 35.5. The highest BCUT2D eigenvalue weighted by molar-refractivity contribution is 6.39. The van der Waals surface area contributed by atoms with Gasteiger partial charge in [-0.15, -0.1) is 12.4 Å². The van der Waals surface area contributed by atoms with Crippen molar-refractivity contribution in [2.45, 2.75) is 18.5 Å². The van der Waals surface area contributed by atoms with Gasteiger partial charge in [-0.3, -0.25) is 24.2 Å². The zero-order chi connectivity index (χ0) is 22.2. The van der Waals surface area contributed by atoms with Crippen LogP contribution in [0.15, 0.2) is 84.9 Å². The van der Waals surface area contributed by atoms with Crippen LogP contribution in [0.2, 0.25) is 0 Å². The first-order valence-corrected chi connectivity index (χ1v) is 9.84. The number of anilines is 4. The molecule has 1 aliphatic heterocycles. The van der Waals surface area contributed by atoms with E-state index in [9.17, 15) is 14.4 Å². The quantitative estimate of drug-likeness (QED) is 0.593. The van der Waals surface area contributed by atoms with Gasteiger partial charge in [0.25, 0.3) is 11.8 Å². The molecule has 164 valence electrons. The summed E-state index contributed by atoms with van der Waals surface area (Å²) in [6.45, 7) is 1.41. The minimum atomic E-state index is -2.50. The Morgan fingerprint density at radius 1 is 0.750 bits per heavy atom. The number of amides is 2. The Balaban J connectivity index is 0.00000289. The van der Waals surface area contributed by atoms with Gasteiger partial charge in [0.1, 0.15) is 0 Å². The summed E-state index contributed by atoms with van der Waals surface area (Å²) in [7, 11) is 0. The number of halogens is 1. The predicted octanol–water partition coefficient (Wildman–Crippen LogP) is 3.07. The maximum absolute atomic E-state index is 13.8. The molecule has 0 aliphatic carbocycles. The summed E-state index contributed by atoms with van der Waals surface area (Å²) in [6.07, 6.45) is 0. The number of Topliss-reactive ketones (excluding diaryl/α,β-unsaturated/α-hetero) is 1. The molecule has 3 aromatic carbocycles. The molecule has 0 saturated carbocycles. The van der Waals surface area contributed by atoms with Crippen LogP contribution in [0.25, 0.3) is 0 Å². The molecule has 3 aromatic rings. The number of nitrogens with two attached hydrogens (primary N) is 2. The number of benzene rings is 3. The van der Waals surface area contributed by atoms with Gasteiger partial charge < -0.3 is 11.5 Å². The normalized spacial score (nSPS) is 16.0. The van der Waals surface area contributed by atoms with Gasteiger partial charge in [-0.05, 0) is 43.3 Å². The molecular formula is C24H23ClN4O3. The molecule has 4 N–H and O–H groups in total. The first kappa shape index (κ1) is 23.1. The fourth-order valence-electron chi connectivity index (χ4n) is 3.74. The lowest BCUT2D eigenvalue weighted by molar-refractivity contribution is -0.141. The van der Waals surface area contributed by atoms with Crippen LogP contribution in [-0.2, 0) is 14.4 Å². The largest absolute Gasteiger partial charge is 0.322 e. The van der Waals surface area contributed by atoms with Crippen molar-refractivity contribution in [3.63, 3.8) is 0 Å². The standard InChI is InChI=1S/C24H22N4O3.ClH/c1-16(25)21(29)24(26)22(30)27(17-10-4-2-5-11-17)19-14-8-9-15-20(19)28(23(24)31)18-12-6-3-7-13-18;/h2-16H,25-26H2,1H3;1H/t16-;/m0./s1. The van der Waals surface area contributed by atoms with Crippen molar-refractivity contribution < 1.29 is 14.4 Å². The van der Waals surface area contributed by atoms with Crippen molar-refractivity contribution in [2.24, 2.45) is 11.5 Å². The molecular weight excluding hydrogens is 428 g/mol. The maximum Gasteiger partial charge on any atom is 0.269 e. The van der Waals surface area contributed by atoms with E-state index in [4.69, 9.17) is 11.5 Å². The van der Waals surface area contributed by atoms with E-state index in [0.717, 1.165) is 0 Å². The number of nitrogens with zero attached hydrogens (tertiary/aromatic N) is 2. The summed E-state index contributed by atoms with van der Waals surface area (Å²) in [6, 6.07) is 23.4. The number of carbonyl (C=O) groups excluding carboxylic acids is 3. The lowest BCUT2D eigenvalue weighted by atomic mass is 9.87. The van der Waals surface area contributed by atoms with Crippen LogP contribution >= 0.6 is 12.4 Å². The molecule has 0 saturated heterocycles. The minimum absolute atomic E-state index is 0. The number of para-hydroxylation sites is 4. The van der Waals surface area contributed by atoms with Gasteiger partial charge in [0, 0.05) is 11.4 Å². The molecule has 32 heavy (non-hydrogen) atoms. The first-order valence-electron chi connectivity index (χ1n) is 9.84. The number of ketones is 1. The summed E-state index contributed by atoms with van der Waals surface area (Å²) < 4.78 is 0. The zero-order valence-corrected chi connectivity index (χ0v) is 18.2. The summed E-state index contributed by atoms with van der Waals surface area (Å²) in [5, 5.41) is 0. The van der Waals surface area contributed by atoms with E-state index >= 15 is 0 Å². The van der Waals surface area contributed by atoms with E-state index in [1.807, 2.05) is 12.1 Å². The Labute approximate surface area is 192 Å². The summed E-state index contributed by atoms with van der Waals surface area (Å²) in [4.78, 5) is 43.5. The molecule has 0 radical (unpaired) electrons. The molecule has 1 atom stereocenters. The second kappa shape index (κ2) is 8.92. The van der Waals surface area contributed by atoms with Gasteiger partial charge in [0.05, 0.1) is 17.4 Å². The Morgan fingerprint density at radius 2 is 1.09 bits per heavy atom. The van der Waals surface area contributed by atoms with Crippen molar-refractivity contribution in [1.82, 2.24) is 0 Å². The Hall–Kier alpha value is -3.52. The van der Waals surface area contributed by atoms with Crippen LogP contribution in [0.4, 0.5) is 22.7 Å². The van der Waals surface area contributed by atoms with E-state index in [2.05, 4.69) is 0 Å².